The van der Waals surface area contributed by atoms with Crippen LogP contribution < -0.4 is 9.62 Å². The molecule has 2 aromatic rings. The number of benzene rings is 2. The first-order valence-electron chi connectivity index (χ1n) is 10.4. The van der Waals surface area contributed by atoms with Gasteiger partial charge in [-0.2, -0.15) is 0 Å². The van der Waals surface area contributed by atoms with Crippen LogP contribution in [0.2, 0.25) is 0 Å². The minimum Gasteiger partial charge on any atom is -0.349 e. The minimum absolute atomic E-state index is 0.0388. The number of carbonyl (C=O) groups excluding carboxylic acids is 1. The Morgan fingerprint density at radius 2 is 1.63 bits per heavy atom. The predicted molar refractivity (Wildman–Crippen MR) is 124 cm³/mol. The number of hydrogen-bond acceptors (Lipinski definition) is 3. The van der Waals surface area contributed by atoms with Crippen molar-refractivity contribution >= 4 is 21.6 Å². The molecule has 0 fully saturated rings. The Labute approximate surface area is 181 Å². The van der Waals surface area contributed by atoms with Gasteiger partial charge in [0, 0.05) is 13.0 Å². The van der Waals surface area contributed by atoms with Crippen molar-refractivity contribution in [2.75, 3.05) is 17.1 Å². The number of amides is 1. The number of hydrogen-bond donors (Lipinski definition) is 1. The Morgan fingerprint density at radius 3 is 2.23 bits per heavy atom. The molecule has 0 spiro atoms. The second kappa shape index (κ2) is 10.1. The normalized spacial score (nSPS) is 12.5. The van der Waals surface area contributed by atoms with Crippen LogP contribution in [-0.2, 0) is 14.8 Å². The number of carbonyl (C=O) groups is 1. The molecule has 0 unspecified atom stereocenters. The van der Waals surface area contributed by atoms with E-state index in [1.807, 2.05) is 32.0 Å². The lowest BCUT2D eigenvalue weighted by molar-refractivity contribution is -0.121. The van der Waals surface area contributed by atoms with E-state index >= 15 is 0 Å². The SMILES string of the molecule is CC[C@@H](NC(=O)CCCN(c1cc(C)ccc1C)S(C)(=O)=O)c1ccc(C)cc1C. The van der Waals surface area contributed by atoms with Crippen LogP contribution in [0.3, 0.4) is 0 Å². The highest BCUT2D eigenvalue weighted by atomic mass is 32.2. The molecule has 164 valence electrons. The molecule has 6 heteroatoms. The molecule has 5 nitrogen and oxygen atoms in total. The van der Waals surface area contributed by atoms with Crippen molar-refractivity contribution in [2.45, 2.75) is 59.9 Å². The van der Waals surface area contributed by atoms with Crippen LogP contribution >= 0.6 is 0 Å². The predicted octanol–water partition coefficient (Wildman–Crippen LogP) is 4.73. The highest BCUT2D eigenvalue weighted by molar-refractivity contribution is 7.92. The molecule has 0 saturated heterocycles. The average Bonchev–Trinajstić information content (AvgIpc) is 2.65. The van der Waals surface area contributed by atoms with Gasteiger partial charge in [-0.3, -0.25) is 9.10 Å². The van der Waals surface area contributed by atoms with Crippen LogP contribution in [0.1, 0.15) is 60.0 Å². The lowest BCUT2D eigenvalue weighted by Crippen LogP contribution is -2.33. The topological polar surface area (TPSA) is 66.5 Å². The summed E-state index contributed by atoms with van der Waals surface area (Å²) in [7, 11) is -3.43. The molecule has 1 N–H and O–H groups in total. The van der Waals surface area contributed by atoms with Gasteiger partial charge in [-0.1, -0.05) is 42.8 Å². The third-order valence-electron chi connectivity index (χ3n) is 5.34. The lowest BCUT2D eigenvalue weighted by atomic mass is 9.97. The van der Waals surface area contributed by atoms with E-state index in [1.54, 1.807) is 0 Å². The molecule has 30 heavy (non-hydrogen) atoms. The summed E-state index contributed by atoms with van der Waals surface area (Å²) < 4.78 is 26.1. The fraction of sp³-hybridized carbons (Fsp3) is 0.458. The van der Waals surface area contributed by atoms with E-state index in [4.69, 9.17) is 0 Å². The summed E-state index contributed by atoms with van der Waals surface area (Å²) in [5.41, 5.74) is 6.08. The van der Waals surface area contributed by atoms with E-state index in [-0.39, 0.29) is 24.9 Å². The van der Waals surface area contributed by atoms with Gasteiger partial charge in [0.1, 0.15) is 0 Å². The third-order valence-corrected chi connectivity index (χ3v) is 6.52. The molecule has 1 atom stereocenters. The van der Waals surface area contributed by atoms with E-state index < -0.39 is 10.0 Å². The van der Waals surface area contributed by atoms with Gasteiger partial charge in [-0.05, 0) is 68.9 Å². The molecule has 0 aliphatic carbocycles. The van der Waals surface area contributed by atoms with Crippen LogP contribution in [0.5, 0.6) is 0 Å². The van der Waals surface area contributed by atoms with E-state index in [0.717, 1.165) is 23.1 Å². The largest absolute Gasteiger partial charge is 0.349 e. The maximum absolute atomic E-state index is 12.6. The van der Waals surface area contributed by atoms with E-state index in [1.165, 1.54) is 21.7 Å². The Kier molecular flexibility index (Phi) is 8.07. The van der Waals surface area contributed by atoms with Gasteiger partial charge in [0.05, 0.1) is 18.0 Å². The molecule has 0 aromatic heterocycles. The second-order valence-electron chi connectivity index (χ2n) is 8.12. The number of nitrogens with zero attached hydrogens (tertiary/aromatic N) is 1. The zero-order valence-corrected chi connectivity index (χ0v) is 19.8. The minimum atomic E-state index is -3.43. The summed E-state index contributed by atoms with van der Waals surface area (Å²) in [5, 5.41) is 3.11. The van der Waals surface area contributed by atoms with Crippen molar-refractivity contribution in [1.82, 2.24) is 5.32 Å². The number of sulfonamides is 1. The first-order valence-corrected chi connectivity index (χ1v) is 12.3. The molecule has 1 amide bonds. The summed E-state index contributed by atoms with van der Waals surface area (Å²) in [6, 6.07) is 12.0. The van der Waals surface area contributed by atoms with Gasteiger partial charge in [-0.15, -0.1) is 0 Å². The maximum Gasteiger partial charge on any atom is 0.232 e. The number of anilines is 1. The maximum atomic E-state index is 12.6. The molecule has 0 bridgehead atoms. The van der Waals surface area contributed by atoms with Crippen molar-refractivity contribution in [3.05, 3.63) is 64.2 Å². The zero-order valence-electron chi connectivity index (χ0n) is 19.0. The second-order valence-corrected chi connectivity index (χ2v) is 10.0. The van der Waals surface area contributed by atoms with Crippen molar-refractivity contribution in [1.29, 1.82) is 0 Å². The molecule has 0 saturated carbocycles. The van der Waals surface area contributed by atoms with Crippen molar-refractivity contribution in [2.24, 2.45) is 0 Å². The molecule has 0 heterocycles. The van der Waals surface area contributed by atoms with Gasteiger partial charge in [0.15, 0.2) is 0 Å². The van der Waals surface area contributed by atoms with Crippen LogP contribution in [0.15, 0.2) is 36.4 Å². The standard InChI is InChI=1S/C24H34N2O3S/c1-7-22(21-13-11-17(2)15-20(21)5)25-24(27)9-8-14-26(30(6,28)29)23-16-18(3)10-12-19(23)4/h10-13,15-16,22H,7-9,14H2,1-6H3,(H,25,27)/t22-/m1/s1. The van der Waals surface area contributed by atoms with Gasteiger partial charge in [0.2, 0.25) is 15.9 Å². The van der Waals surface area contributed by atoms with Crippen molar-refractivity contribution in [3.8, 4) is 0 Å². The van der Waals surface area contributed by atoms with Gasteiger partial charge < -0.3 is 5.32 Å². The van der Waals surface area contributed by atoms with E-state index in [2.05, 4.69) is 44.3 Å². The smallest absolute Gasteiger partial charge is 0.232 e. The number of rotatable bonds is 9. The fourth-order valence-electron chi connectivity index (χ4n) is 3.72. The van der Waals surface area contributed by atoms with E-state index in [9.17, 15) is 13.2 Å². The number of aryl methyl sites for hydroxylation is 4. The Hall–Kier alpha value is -2.34. The van der Waals surface area contributed by atoms with Crippen LogP contribution in [0, 0.1) is 27.7 Å². The molecular weight excluding hydrogens is 396 g/mol. The Morgan fingerprint density at radius 1 is 1.00 bits per heavy atom. The summed E-state index contributed by atoms with van der Waals surface area (Å²) in [6.45, 7) is 10.3. The molecule has 0 aliphatic heterocycles. The molecule has 0 radical (unpaired) electrons. The molecule has 2 aromatic carbocycles. The fourth-order valence-corrected chi connectivity index (χ4v) is 4.73. The summed E-state index contributed by atoms with van der Waals surface area (Å²) in [4.78, 5) is 12.6. The van der Waals surface area contributed by atoms with Gasteiger partial charge in [0.25, 0.3) is 0 Å². The first-order chi connectivity index (χ1) is 14.0. The van der Waals surface area contributed by atoms with Crippen LogP contribution in [0.4, 0.5) is 5.69 Å². The quantitative estimate of drug-likeness (QED) is 0.625. The molecule has 0 aliphatic rings. The zero-order chi connectivity index (χ0) is 22.5. The highest BCUT2D eigenvalue weighted by Gasteiger charge is 2.20. The highest BCUT2D eigenvalue weighted by Crippen LogP contribution is 2.25. The van der Waals surface area contributed by atoms with E-state index in [0.29, 0.717) is 12.1 Å². The van der Waals surface area contributed by atoms with Gasteiger partial charge in [-0.25, -0.2) is 8.42 Å². The van der Waals surface area contributed by atoms with Gasteiger partial charge >= 0.3 is 0 Å². The Balaban J connectivity index is 2.04. The summed E-state index contributed by atoms with van der Waals surface area (Å²) in [6.07, 6.45) is 2.74. The summed E-state index contributed by atoms with van der Waals surface area (Å²) >= 11 is 0. The molecule has 2 rings (SSSR count). The average molecular weight is 431 g/mol. The van der Waals surface area contributed by atoms with Crippen LogP contribution in [0.25, 0.3) is 0 Å². The molecular formula is C24H34N2O3S. The van der Waals surface area contributed by atoms with Crippen molar-refractivity contribution in [3.63, 3.8) is 0 Å². The third kappa shape index (κ3) is 6.33. The van der Waals surface area contributed by atoms with Crippen molar-refractivity contribution < 1.29 is 13.2 Å². The first kappa shape index (κ1) is 23.9. The monoisotopic (exact) mass is 430 g/mol. The summed E-state index contributed by atoms with van der Waals surface area (Å²) in [5.74, 6) is -0.0590. The lowest BCUT2D eigenvalue weighted by Gasteiger charge is -2.25. The number of nitrogens with one attached hydrogen (secondary N) is 1. The Bertz CT molecular complexity index is 1000. The van der Waals surface area contributed by atoms with Crippen LogP contribution in [-0.4, -0.2) is 27.1 Å².